The highest BCUT2D eigenvalue weighted by Crippen LogP contribution is 2.46. The molecule has 2 aromatic rings. The van der Waals surface area contributed by atoms with Crippen molar-refractivity contribution >= 4 is 19.2 Å². The second-order valence-corrected chi connectivity index (χ2v) is 13.1. The Morgan fingerprint density at radius 1 is 0.930 bits per heavy atom. The number of phosphoric ester groups is 1. The second-order valence-electron chi connectivity index (χ2n) is 11.7. The third-order valence-corrected chi connectivity index (χ3v) is 9.17. The zero-order valence-electron chi connectivity index (χ0n) is 25.9. The van der Waals surface area contributed by atoms with E-state index in [-0.39, 0.29) is 19.0 Å². The van der Waals surface area contributed by atoms with Crippen LogP contribution in [0.5, 0.6) is 0 Å². The minimum absolute atomic E-state index is 0.113. The van der Waals surface area contributed by atoms with Crippen molar-refractivity contribution in [1.82, 2.24) is 14.6 Å². The van der Waals surface area contributed by atoms with Gasteiger partial charge in [0.05, 0.1) is 25.5 Å². The normalized spacial score (nSPS) is 23.7. The van der Waals surface area contributed by atoms with E-state index in [2.05, 4.69) is 17.0 Å². The number of unbranched alkanes of at least 4 members (excludes halogenated alkanes) is 13. The number of aliphatic hydroxyl groups is 2. The van der Waals surface area contributed by atoms with E-state index in [9.17, 15) is 19.7 Å². The zero-order chi connectivity index (χ0) is 31.1. The molecule has 246 valence electrons. The number of phosphoric acid groups is 1. The lowest BCUT2D eigenvalue weighted by Gasteiger charge is -2.27. The first-order valence-corrected chi connectivity index (χ1v) is 17.5. The van der Waals surface area contributed by atoms with Gasteiger partial charge in [-0.1, -0.05) is 90.4 Å². The number of nitrogens with two attached hydrogens (primary N) is 1. The van der Waals surface area contributed by atoms with Crippen molar-refractivity contribution in [2.24, 2.45) is 0 Å². The van der Waals surface area contributed by atoms with Gasteiger partial charge in [0.15, 0.2) is 5.82 Å². The fourth-order valence-corrected chi connectivity index (χ4v) is 6.29. The number of aliphatic hydroxyl groups excluding tert-OH is 2. The number of nitrogens with zero attached hydrogens (tertiary/aromatic N) is 3. The van der Waals surface area contributed by atoms with Crippen LogP contribution in [0, 0.1) is 0 Å². The molecule has 0 saturated carbocycles. The van der Waals surface area contributed by atoms with Gasteiger partial charge in [-0.15, -0.1) is 0 Å². The van der Waals surface area contributed by atoms with Crippen molar-refractivity contribution in [3.63, 3.8) is 0 Å². The first-order valence-electron chi connectivity index (χ1n) is 16.0. The van der Waals surface area contributed by atoms with Gasteiger partial charge in [-0.3, -0.25) is 9.05 Å². The zero-order valence-corrected chi connectivity index (χ0v) is 26.8. The first kappa shape index (κ1) is 35.8. The van der Waals surface area contributed by atoms with E-state index in [1.54, 1.807) is 19.1 Å². The van der Waals surface area contributed by atoms with E-state index in [4.69, 9.17) is 24.3 Å². The molecule has 0 aliphatic carbocycles. The summed E-state index contributed by atoms with van der Waals surface area (Å²) in [5.74, 6) is 0.250. The van der Waals surface area contributed by atoms with Gasteiger partial charge in [0.25, 0.3) is 0 Å². The number of fused-ring (bicyclic) bond motifs is 1. The Labute approximate surface area is 255 Å². The number of hydrogen-bond acceptors (Lipinski definition) is 10. The number of aromatic nitrogens is 3. The smallest absolute Gasteiger partial charge is 0.387 e. The SMILES string of the molecule is CCCCCCCCCCCCCCCCOCCOP(=O)(O)OCC1O[C@@](C)(c2ccc3c(N)ncnn23)[C@H](O)[C@@H]1O. The summed E-state index contributed by atoms with van der Waals surface area (Å²) in [6.45, 7) is 4.00. The highest BCUT2D eigenvalue weighted by atomic mass is 31.2. The summed E-state index contributed by atoms with van der Waals surface area (Å²) in [7, 11) is -4.43. The summed E-state index contributed by atoms with van der Waals surface area (Å²) in [4.78, 5) is 14.0. The summed E-state index contributed by atoms with van der Waals surface area (Å²) in [5, 5.41) is 25.6. The Bertz CT molecular complexity index is 1120. The van der Waals surface area contributed by atoms with Crippen LogP contribution in [-0.2, 0) is 28.7 Å². The predicted octanol–water partition coefficient (Wildman–Crippen LogP) is 5.28. The Balaban J connectivity index is 1.22. The summed E-state index contributed by atoms with van der Waals surface area (Å²) < 4.78 is 35.4. The molecule has 3 rings (SSSR count). The van der Waals surface area contributed by atoms with E-state index in [0.717, 1.165) is 12.8 Å². The van der Waals surface area contributed by atoms with Gasteiger partial charge in [0.1, 0.15) is 35.8 Å². The maximum atomic E-state index is 12.4. The second kappa shape index (κ2) is 18.4. The number of ether oxygens (including phenoxy) is 2. The Hall–Kier alpha value is -1.63. The highest BCUT2D eigenvalue weighted by Gasteiger charge is 2.54. The van der Waals surface area contributed by atoms with Crippen LogP contribution in [0.15, 0.2) is 18.5 Å². The molecule has 0 bridgehead atoms. The number of hydrogen-bond donors (Lipinski definition) is 4. The van der Waals surface area contributed by atoms with E-state index < -0.39 is 38.3 Å². The van der Waals surface area contributed by atoms with Gasteiger partial charge in [-0.2, -0.15) is 5.10 Å². The van der Waals surface area contributed by atoms with Crippen LogP contribution >= 0.6 is 7.82 Å². The summed E-state index contributed by atoms with van der Waals surface area (Å²) >= 11 is 0. The first-order chi connectivity index (χ1) is 20.7. The number of anilines is 1. The van der Waals surface area contributed by atoms with Gasteiger partial charge in [-0.05, 0) is 25.5 Å². The lowest BCUT2D eigenvalue weighted by molar-refractivity contribution is -0.0889. The molecule has 43 heavy (non-hydrogen) atoms. The Morgan fingerprint density at radius 3 is 2.16 bits per heavy atom. The molecule has 1 fully saturated rings. The lowest BCUT2D eigenvalue weighted by atomic mass is 9.93. The van der Waals surface area contributed by atoms with Gasteiger partial charge < -0.3 is 30.3 Å². The molecule has 3 heterocycles. The molecule has 2 aromatic heterocycles. The van der Waals surface area contributed by atoms with Crippen LogP contribution in [0.3, 0.4) is 0 Å². The molecule has 0 spiro atoms. The van der Waals surface area contributed by atoms with Crippen LogP contribution in [0.1, 0.15) is 109 Å². The molecular formula is C30H53N4O8P. The summed E-state index contributed by atoms with van der Waals surface area (Å²) in [5.41, 5.74) is 5.46. The largest absolute Gasteiger partial charge is 0.472 e. The average Bonchev–Trinajstić information content (AvgIpc) is 3.52. The maximum Gasteiger partial charge on any atom is 0.472 e. The molecule has 2 unspecified atom stereocenters. The van der Waals surface area contributed by atoms with Crippen LogP contribution in [0.2, 0.25) is 0 Å². The molecule has 1 aliphatic rings. The molecule has 1 aliphatic heterocycles. The molecule has 0 radical (unpaired) electrons. The molecule has 5 N–H and O–H groups in total. The standard InChI is InChI=1S/C30H53N4O8P/c1-3-4-5-6-7-8-9-10-11-12-13-14-15-16-19-39-20-21-40-43(37,38)41-22-25-27(35)28(36)30(2,42-25)26-18-17-24-29(31)32-23-33-34(24)26/h17-18,23,25,27-28,35-36H,3-16,19-22H2,1-2H3,(H,37,38)(H2,31,32,33)/t25?,27-,28-,30+/m1/s1. The molecule has 12 nitrogen and oxygen atoms in total. The van der Waals surface area contributed by atoms with Gasteiger partial charge in [0.2, 0.25) is 0 Å². The van der Waals surface area contributed by atoms with Gasteiger partial charge in [0, 0.05) is 6.61 Å². The highest BCUT2D eigenvalue weighted by molar-refractivity contribution is 7.47. The van der Waals surface area contributed by atoms with Crippen molar-refractivity contribution in [2.75, 3.05) is 32.2 Å². The number of rotatable bonds is 23. The maximum absolute atomic E-state index is 12.4. The fourth-order valence-electron chi connectivity index (χ4n) is 5.57. The third-order valence-electron chi connectivity index (χ3n) is 8.18. The van der Waals surface area contributed by atoms with E-state index in [0.29, 0.717) is 17.8 Å². The van der Waals surface area contributed by atoms with Crippen molar-refractivity contribution in [2.45, 2.75) is 128 Å². The van der Waals surface area contributed by atoms with E-state index >= 15 is 0 Å². The van der Waals surface area contributed by atoms with Crippen molar-refractivity contribution in [1.29, 1.82) is 0 Å². The molecular weight excluding hydrogens is 575 g/mol. The summed E-state index contributed by atoms with van der Waals surface area (Å²) in [6, 6.07) is 3.34. The average molecular weight is 629 g/mol. The molecule has 5 atom stereocenters. The van der Waals surface area contributed by atoms with Crippen molar-refractivity contribution < 1.29 is 38.2 Å². The van der Waals surface area contributed by atoms with Gasteiger partial charge >= 0.3 is 7.82 Å². The van der Waals surface area contributed by atoms with Gasteiger partial charge in [-0.25, -0.2) is 14.1 Å². The number of nitrogen functional groups attached to an aromatic ring is 1. The predicted molar refractivity (Wildman–Crippen MR) is 164 cm³/mol. The van der Waals surface area contributed by atoms with Crippen LogP contribution in [0.25, 0.3) is 5.52 Å². The minimum Gasteiger partial charge on any atom is -0.387 e. The lowest BCUT2D eigenvalue weighted by Crippen LogP contribution is -2.39. The van der Waals surface area contributed by atoms with Crippen molar-refractivity contribution in [3.05, 3.63) is 24.2 Å². The van der Waals surface area contributed by atoms with Crippen LogP contribution < -0.4 is 5.73 Å². The Morgan fingerprint density at radius 2 is 1.53 bits per heavy atom. The molecule has 0 amide bonds. The molecule has 13 heteroatoms. The minimum atomic E-state index is -4.43. The van der Waals surface area contributed by atoms with Crippen LogP contribution in [0.4, 0.5) is 5.82 Å². The van der Waals surface area contributed by atoms with Crippen molar-refractivity contribution in [3.8, 4) is 0 Å². The fraction of sp³-hybridized carbons (Fsp3) is 0.800. The molecule has 1 saturated heterocycles. The van der Waals surface area contributed by atoms with E-state index in [1.807, 2.05) is 0 Å². The van der Waals surface area contributed by atoms with Crippen LogP contribution in [-0.4, -0.2) is 74.4 Å². The third kappa shape index (κ3) is 11.0. The molecule has 0 aromatic carbocycles. The van der Waals surface area contributed by atoms with E-state index in [1.165, 1.54) is 87.9 Å². The summed E-state index contributed by atoms with van der Waals surface area (Å²) in [6.07, 6.45) is 15.5. The Kier molecular flexibility index (Phi) is 15.3. The monoisotopic (exact) mass is 628 g/mol. The quantitative estimate of drug-likeness (QED) is 0.0932. The topological polar surface area (TPSA) is 171 Å².